The van der Waals surface area contributed by atoms with Crippen LogP contribution in [0.15, 0.2) is 67.2 Å². The lowest BCUT2D eigenvalue weighted by Gasteiger charge is -2.15. The van der Waals surface area contributed by atoms with Crippen LogP contribution in [0, 0.1) is 11.2 Å². The van der Waals surface area contributed by atoms with Crippen molar-refractivity contribution in [3.63, 3.8) is 0 Å². The molecule has 152 valence electrons. The van der Waals surface area contributed by atoms with E-state index in [1.54, 1.807) is 18.3 Å². The lowest BCUT2D eigenvalue weighted by Crippen LogP contribution is -2.11. The van der Waals surface area contributed by atoms with Gasteiger partial charge >= 0.3 is 0 Å². The second-order valence-electron chi connectivity index (χ2n) is 6.75. The molecular weight excluding hydrogens is 387 g/mol. The van der Waals surface area contributed by atoms with Crippen LogP contribution in [-0.4, -0.2) is 10.7 Å². The van der Waals surface area contributed by atoms with Gasteiger partial charge in [0.05, 0.1) is 11.4 Å². The molecule has 3 N–H and O–H groups in total. The second kappa shape index (κ2) is 10.6. The second-order valence-corrected chi connectivity index (χ2v) is 7.19. The summed E-state index contributed by atoms with van der Waals surface area (Å²) in [5.74, 6) is 0.230. The summed E-state index contributed by atoms with van der Waals surface area (Å²) in [6.07, 6.45) is 5.80. The van der Waals surface area contributed by atoms with E-state index in [1.165, 1.54) is 18.2 Å². The number of nitrogens with zero attached hydrogens (tertiary/aromatic N) is 1. The maximum atomic E-state index is 14.2. The number of halogens is 2. The number of benzene rings is 1. The normalized spacial score (nSPS) is 11.1. The lowest BCUT2D eigenvalue weighted by molar-refractivity contribution is 0.624. The summed E-state index contributed by atoms with van der Waals surface area (Å²) in [6, 6.07) is 7.95. The Balaban J connectivity index is 2.35. The standard InChI is InChI=1S/C23H26ClFN4/c1-5-6-7-21(26)22(12-16(4)19-13-17(24)8-9-20(19)25)29-18-10-11-27-23(14-18)28-15(2)3/h8-14,26H,2,4-7H2,1,3H3,(H2,27,28,29)/b22-12+,26-21?. The first-order valence-corrected chi connectivity index (χ1v) is 9.77. The zero-order valence-corrected chi connectivity index (χ0v) is 17.5. The fraction of sp³-hybridized carbons (Fsp3) is 0.217. The Kier molecular flexibility index (Phi) is 8.16. The highest BCUT2D eigenvalue weighted by atomic mass is 35.5. The summed E-state index contributed by atoms with van der Waals surface area (Å²) in [6.45, 7) is 11.7. The number of unbranched alkanes of at least 4 members (excludes halogenated alkanes) is 1. The summed E-state index contributed by atoms with van der Waals surface area (Å²) in [7, 11) is 0. The molecule has 0 spiro atoms. The topological polar surface area (TPSA) is 60.8 Å². The minimum atomic E-state index is -0.410. The van der Waals surface area contributed by atoms with E-state index in [4.69, 9.17) is 17.0 Å². The van der Waals surface area contributed by atoms with Gasteiger partial charge in [0.2, 0.25) is 0 Å². The van der Waals surface area contributed by atoms with Crippen LogP contribution in [-0.2, 0) is 0 Å². The van der Waals surface area contributed by atoms with Gasteiger partial charge in [0.1, 0.15) is 11.6 Å². The van der Waals surface area contributed by atoms with Gasteiger partial charge in [-0.25, -0.2) is 9.37 Å². The first-order valence-electron chi connectivity index (χ1n) is 9.39. The smallest absolute Gasteiger partial charge is 0.132 e. The van der Waals surface area contributed by atoms with E-state index < -0.39 is 5.82 Å². The number of hydrogen-bond donors (Lipinski definition) is 3. The van der Waals surface area contributed by atoms with Crippen molar-refractivity contribution < 1.29 is 4.39 Å². The van der Waals surface area contributed by atoms with Crippen molar-refractivity contribution >= 4 is 34.4 Å². The molecule has 0 bridgehead atoms. The van der Waals surface area contributed by atoms with Gasteiger partial charge in [-0.05, 0) is 55.7 Å². The highest BCUT2D eigenvalue weighted by Crippen LogP contribution is 2.25. The van der Waals surface area contributed by atoms with Crippen LogP contribution in [0.1, 0.15) is 38.7 Å². The Morgan fingerprint density at radius 1 is 1.24 bits per heavy atom. The highest BCUT2D eigenvalue weighted by molar-refractivity contribution is 6.30. The van der Waals surface area contributed by atoms with Gasteiger partial charge in [0.25, 0.3) is 0 Å². The molecule has 1 heterocycles. The fourth-order valence-electron chi connectivity index (χ4n) is 2.63. The van der Waals surface area contributed by atoms with Crippen LogP contribution >= 0.6 is 11.6 Å². The Morgan fingerprint density at radius 3 is 2.69 bits per heavy atom. The minimum Gasteiger partial charge on any atom is -0.354 e. The molecule has 0 aliphatic rings. The molecule has 29 heavy (non-hydrogen) atoms. The predicted octanol–water partition coefficient (Wildman–Crippen LogP) is 7.04. The highest BCUT2D eigenvalue weighted by Gasteiger charge is 2.11. The van der Waals surface area contributed by atoms with Crippen molar-refractivity contribution in [2.24, 2.45) is 0 Å². The van der Waals surface area contributed by atoms with E-state index in [0.717, 1.165) is 24.2 Å². The van der Waals surface area contributed by atoms with Crippen LogP contribution in [0.4, 0.5) is 15.9 Å². The van der Waals surface area contributed by atoms with Crippen LogP contribution in [0.5, 0.6) is 0 Å². The number of rotatable bonds is 10. The summed E-state index contributed by atoms with van der Waals surface area (Å²) >= 11 is 6.01. The van der Waals surface area contributed by atoms with Crippen molar-refractivity contribution in [3.05, 3.63) is 83.6 Å². The molecule has 0 aliphatic carbocycles. The summed E-state index contributed by atoms with van der Waals surface area (Å²) in [5, 5.41) is 15.2. The van der Waals surface area contributed by atoms with Gasteiger partial charge in [-0.15, -0.1) is 0 Å². The Morgan fingerprint density at radius 2 is 2.00 bits per heavy atom. The van der Waals surface area contributed by atoms with Crippen molar-refractivity contribution in [3.8, 4) is 0 Å². The third-order valence-corrected chi connectivity index (χ3v) is 4.31. The number of pyridine rings is 1. The van der Waals surface area contributed by atoms with Crippen molar-refractivity contribution in [1.82, 2.24) is 4.98 Å². The monoisotopic (exact) mass is 412 g/mol. The summed E-state index contributed by atoms with van der Waals surface area (Å²) in [5.41, 5.74) is 3.22. The third-order valence-electron chi connectivity index (χ3n) is 4.08. The van der Waals surface area contributed by atoms with Gasteiger partial charge in [0, 0.05) is 34.2 Å². The van der Waals surface area contributed by atoms with Crippen molar-refractivity contribution in [2.75, 3.05) is 10.6 Å². The van der Waals surface area contributed by atoms with E-state index in [0.29, 0.717) is 39.8 Å². The molecular formula is C23H26ClFN4. The lowest BCUT2D eigenvalue weighted by atomic mass is 10.0. The first kappa shape index (κ1) is 22.4. The molecule has 0 atom stereocenters. The van der Waals surface area contributed by atoms with E-state index in [2.05, 4.69) is 35.7 Å². The minimum absolute atomic E-state index is 0.305. The van der Waals surface area contributed by atoms with Crippen molar-refractivity contribution in [1.29, 1.82) is 5.41 Å². The Hall–Kier alpha value is -2.92. The molecule has 0 saturated carbocycles. The Labute approximate surface area is 176 Å². The quantitative estimate of drug-likeness (QED) is 0.289. The molecule has 0 radical (unpaired) electrons. The molecule has 2 rings (SSSR count). The Bertz CT molecular complexity index is 950. The first-order chi connectivity index (χ1) is 13.8. The molecule has 1 aromatic heterocycles. The van der Waals surface area contributed by atoms with Crippen LogP contribution in [0.2, 0.25) is 5.02 Å². The molecule has 1 aromatic carbocycles. The summed E-state index contributed by atoms with van der Waals surface area (Å²) < 4.78 is 14.2. The fourth-order valence-corrected chi connectivity index (χ4v) is 2.81. The number of nitrogens with one attached hydrogen (secondary N) is 3. The predicted molar refractivity (Wildman–Crippen MR) is 122 cm³/mol. The number of aromatic nitrogens is 1. The summed E-state index contributed by atoms with van der Waals surface area (Å²) in [4.78, 5) is 4.24. The number of hydrogen-bond acceptors (Lipinski definition) is 4. The molecule has 0 aliphatic heterocycles. The molecule has 0 amide bonds. The van der Waals surface area contributed by atoms with Gasteiger partial charge in [0.15, 0.2) is 0 Å². The molecule has 0 fully saturated rings. The van der Waals surface area contributed by atoms with Gasteiger partial charge < -0.3 is 16.0 Å². The third kappa shape index (κ3) is 6.88. The molecule has 0 saturated heterocycles. The zero-order valence-electron chi connectivity index (χ0n) is 16.8. The maximum absolute atomic E-state index is 14.2. The van der Waals surface area contributed by atoms with Gasteiger partial charge in [-0.2, -0.15) is 0 Å². The molecule has 6 heteroatoms. The van der Waals surface area contributed by atoms with Gasteiger partial charge in [-0.3, -0.25) is 0 Å². The largest absolute Gasteiger partial charge is 0.354 e. The van der Waals surface area contributed by atoms with Crippen LogP contribution in [0.3, 0.4) is 0 Å². The average Bonchev–Trinajstić information content (AvgIpc) is 2.67. The molecule has 2 aromatic rings. The average molecular weight is 413 g/mol. The zero-order chi connectivity index (χ0) is 21.4. The maximum Gasteiger partial charge on any atom is 0.132 e. The van der Waals surface area contributed by atoms with Gasteiger partial charge in [-0.1, -0.05) is 38.1 Å². The molecule has 0 unspecified atom stereocenters. The molecule has 4 nitrogen and oxygen atoms in total. The van der Waals surface area contributed by atoms with E-state index in [-0.39, 0.29) is 0 Å². The van der Waals surface area contributed by atoms with Crippen LogP contribution < -0.4 is 10.6 Å². The number of anilines is 2. The SMILES string of the molecule is C=C(C)Nc1cc(N/C(=C/C(=C)c2cc(Cl)ccc2F)C(=N)CCCC)ccn1. The van der Waals surface area contributed by atoms with Crippen LogP contribution in [0.25, 0.3) is 5.57 Å². The van der Waals surface area contributed by atoms with Crippen molar-refractivity contribution in [2.45, 2.75) is 33.1 Å². The van der Waals surface area contributed by atoms with E-state index in [1.807, 2.05) is 13.0 Å². The van der Waals surface area contributed by atoms with E-state index in [9.17, 15) is 4.39 Å². The van der Waals surface area contributed by atoms with E-state index >= 15 is 0 Å². The number of allylic oxidation sites excluding steroid dienone is 4.